The number of amides is 1. The summed E-state index contributed by atoms with van der Waals surface area (Å²) in [7, 11) is 1.32. The molecule has 4 nitrogen and oxygen atoms in total. The molecule has 1 fully saturated rings. The number of methoxy groups -OCH3 is 1. The molecule has 1 saturated carbocycles. The van der Waals surface area contributed by atoms with Crippen LogP contribution in [0.3, 0.4) is 0 Å². The zero-order chi connectivity index (χ0) is 13.8. The number of rotatable bonds is 5. The molecule has 1 amide bonds. The normalized spacial score (nSPS) is 22.4. The Morgan fingerprint density at radius 2 is 2.11 bits per heavy atom. The Hall–Kier alpha value is -1.36. The molecule has 1 N–H and O–H groups in total. The predicted molar refractivity (Wildman–Crippen MR) is 75.0 cm³/mol. The van der Waals surface area contributed by atoms with Crippen LogP contribution in [0.1, 0.15) is 17.9 Å². The van der Waals surface area contributed by atoms with Crippen molar-refractivity contribution in [2.45, 2.75) is 17.2 Å². The van der Waals surface area contributed by atoms with Crippen molar-refractivity contribution in [2.75, 3.05) is 13.7 Å². The molecule has 0 spiro atoms. The molecule has 5 heteroatoms. The number of halogens is 1. The maximum atomic E-state index is 11.9. The van der Waals surface area contributed by atoms with Crippen LogP contribution >= 0.6 is 15.9 Å². The number of carbonyl (C=O) groups excluding carboxylic acids is 2. The van der Waals surface area contributed by atoms with Gasteiger partial charge in [0.2, 0.25) is 5.91 Å². The summed E-state index contributed by atoms with van der Waals surface area (Å²) in [6.07, 6.45) is 0.876. The third kappa shape index (κ3) is 3.56. The van der Waals surface area contributed by atoms with Crippen LogP contribution in [0.2, 0.25) is 0 Å². The molecular formula is C14H16BrNO3. The molecule has 1 aromatic rings. The number of nitrogens with one attached hydrogen (secondary N) is 1. The van der Waals surface area contributed by atoms with E-state index >= 15 is 0 Å². The minimum absolute atomic E-state index is 0.00204. The number of ether oxygens (including phenoxy) is 1. The Morgan fingerprint density at radius 1 is 1.42 bits per heavy atom. The second-order valence-electron chi connectivity index (χ2n) is 4.60. The second-order valence-corrected chi connectivity index (χ2v) is 5.70. The molecular weight excluding hydrogens is 310 g/mol. The topological polar surface area (TPSA) is 55.4 Å². The molecule has 3 atom stereocenters. The van der Waals surface area contributed by atoms with E-state index in [2.05, 4.69) is 26.0 Å². The Morgan fingerprint density at radius 3 is 2.74 bits per heavy atom. The van der Waals surface area contributed by atoms with Crippen molar-refractivity contribution in [3.05, 3.63) is 35.9 Å². The number of benzene rings is 1. The smallest absolute Gasteiger partial charge is 0.321 e. The fourth-order valence-corrected chi connectivity index (χ4v) is 2.43. The van der Waals surface area contributed by atoms with Crippen LogP contribution in [0, 0.1) is 5.92 Å². The van der Waals surface area contributed by atoms with Crippen LogP contribution in [0.4, 0.5) is 0 Å². The van der Waals surface area contributed by atoms with Crippen LogP contribution in [0.25, 0.3) is 0 Å². The van der Waals surface area contributed by atoms with Gasteiger partial charge in [-0.05, 0) is 17.9 Å². The highest BCUT2D eigenvalue weighted by molar-refractivity contribution is 9.10. The van der Waals surface area contributed by atoms with Crippen molar-refractivity contribution in [1.82, 2.24) is 5.32 Å². The lowest BCUT2D eigenvalue weighted by Crippen LogP contribution is -2.34. The summed E-state index contributed by atoms with van der Waals surface area (Å²) in [5, 5.41) is 2.77. The highest BCUT2D eigenvalue weighted by Gasteiger charge is 2.43. The maximum absolute atomic E-state index is 11.9. The van der Waals surface area contributed by atoms with E-state index in [1.807, 2.05) is 30.3 Å². The van der Waals surface area contributed by atoms with Gasteiger partial charge in [0, 0.05) is 12.5 Å². The predicted octanol–water partition coefficient (Wildman–Crippen LogP) is 1.84. The zero-order valence-corrected chi connectivity index (χ0v) is 12.2. The second kappa shape index (κ2) is 6.19. The van der Waals surface area contributed by atoms with Gasteiger partial charge in [-0.1, -0.05) is 46.3 Å². The monoisotopic (exact) mass is 325 g/mol. The number of alkyl halides is 1. The van der Waals surface area contributed by atoms with Crippen LogP contribution in [-0.4, -0.2) is 30.4 Å². The summed E-state index contributed by atoms with van der Waals surface area (Å²) in [5.41, 5.74) is 1.20. The molecule has 0 aliphatic heterocycles. The molecule has 0 bridgehead atoms. The molecule has 2 rings (SSSR count). The molecule has 0 saturated heterocycles. The average molecular weight is 326 g/mol. The Balaban J connectivity index is 1.79. The highest BCUT2D eigenvalue weighted by Crippen LogP contribution is 2.47. The van der Waals surface area contributed by atoms with Crippen molar-refractivity contribution in [3.8, 4) is 0 Å². The van der Waals surface area contributed by atoms with Crippen LogP contribution in [0.5, 0.6) is 0 Å². The summed E-state index contributed by atoms with van der Waals surface area (Å²) < 4.78 is 4.57. The first kappa shape index (κ1) is 14.1. The lowest BCUT2D eigenvalue weighted by Gasteiger charge is -2.09. The first-order valence-corrected chi connectivity index (χ1v) is 7.09. The molecule has 3 unspecified atom stereocenters. The van der Waals surface area contributed by atoms with Crippen molar-refractivity contribution in [1.29, 1.82) is 0 Å². The average Bonchev–Trinajstić information content (AvgIpc) is 3.25. The molecule has 1 aliphatic carbocycles. The van der Waals surface area contributed by atoms with Gasteiger partial charge < -0.3 is 10.1 Å². The third-order valence-electron chi connectivity index (χ3n) is 3.27. The van der Waals surface area contributed by atoms with Crippen molar-refractivity contribution in [2.24, 2.45) is 5.92 Å². The summed E-state index contributed by atoms with van der Waals surface area (Å²) in [6, 6.07) is 10.0. The van der Waals surface area contributed by atoms with Gasteiger partial charge >= 0.3 is 5.97 Å². The van der Waals surface area contributed by atoms with E-state index in [9.17, 15) is 9.59 Å². The molecule has 0 heterocycles. The van der Waals surface area contributed by atoms with Gasteiger partial charge in [-0.2, -0.15) is 0 Å². The van der Waals surface area contributed by atoms with Crippen LogP contribution in [0.15, 0.2) is 30.3 Å². The van der Waals surface area contributed by atoms with Gasteiger partial charge in [0.25, 0.3) is 0 Å². The van der Waals surface area contributed by atoms with Crippen LogP contribution in [-0.2, 0) is 14.3 Å². The molecule has 0 aromatic heterocycles. The van der Waals surface area contributed by atoms with E-state index < -0.39 is 4.83 Å². The first-order chi connectivity index (χ1) is 9.13. The molecule has 1 aliphatic rings. The zero-order valence-electron chi connectivity index (χ0n) is 10.6. The van der Waals surface area contributed by atoms with Crippen molar-refractivity contribution < 1.29 is 14.3 Å². The van der Waals surface area contributed by atoms with E-state index in [-0.39, 0.29) is 24.3 Å². The first-order valence-electron chi connectivity index (χ1n) is 6.18. The lowest BCUT2D eigenvalue weighted by atomic mass is 10.1. The minimum atomic E-state index is -0.490. The SMILES string of the molecule is COC(=O)C(Br)CNC(=O)C1CC1c1ccccc1. The highest BCUT2D eigenvalue weighted by atomic mass is 79.9. The minimum Gasteiger partial charge on any atom is -0.468 e. The summed E-state index contributed by atoms with van der Waals surface area (Å²) in [6.45, 7) is 0.253. The number of hydrogen-bond donors (Lipinski definition) is 1. The summed E-state index contributed by atoms with van der Waals surface area (Å²) in [5.74, 6) is -0.0363. The third-order valence-corrected chi connectivity index (χ3v) is 3.96. The largest absolute Gasteiger partial charge is 0.468 e. The standard InChI is InChI=1S/C14H16BrNO3/c1-19-14(18)12(15)8-16-13(17)11-7-10(11)9-5-3-2-4-6-9/h2-6,10-12H,7-8H2,1H3,(H,16,17). The van der Waals surface area contributed by atoms with E-state index in [1.165, 1.54) is 12.7 Å². The van der Waals surface area contributed by atoms with E-state index in [0.717, 1.165) is 6.42 Å². The van der Waals surface area contributed by atoms with Crippen molar-refractivity contribution >= 4 is 27.8 Å². The summed E-state index contributed by atoms with van der Waals surface area (Å²) >= 11 is 3.17. The van der Waals surface area contributed by atoms with E-state index in [1.54, 1.807) is 0 Å². The van der Waals surface area contributed by atoms with E-state index in [4.69, 9.17) is 0 Å². The fourth-order valence-electron chi connectivity index (χ4n) is 2.09. The Bertz CT molecular complexity index is 463. The van der Waals surface area contributed by atoms with Crippen LogP contribution < -0.4 is 5.32 Å². The molecule has 1 aromatic carbocycles. The molecule has 0 radical (unpaired) electrons. The fraction of sp³-hybridized carbons (Fsp3) is 0.429. The van der Waals surface area contributed by atoms with E-state index in [0.29, 0.717) is 5.92 Å². The number of carbonyl (C=O) groups is 2. The maximum Gasteiger partial charge on any atom is 0.321 e. The van der Waals surface area contributed by atoms with Gasteiger partial charge in [-0.25, -0.2) is 0 Å². The van der Waals surface area contributed by atoms with Gasteiger partial charge in [0.1, 0.15) is 4.83 Å². The quantitative estimate of drug-likeness (QED) is 0.664. The Kier molecular flexibility index (Phi) is 4.58. The Labute approximate surface area is 120 Å². The number of esters is 1. The number of hydrogen-bond acceptors (Lipinski definition) is 3. The lowest BCUT2D eigenvalue weighted by molar-refractivity contribution is -0.139. The van der Waals surface area contributed by atoms with Gasteiger partial charge in [0.05, 0.1) is 7.11 Å². The van der Waals surface area contributed by atoms with Gasteiger partial charge in [-0.3, -0.25) is 9.59 Å². The molecule has 102 valence electrons. The van der Waals surface area contributed by atoms with Gasteiger partial charge in [-0.15, -0.1) is 0 Å². The summed E-state index contributed by atoms with van der Waals surface area (Å²) in [4.78, 5) is 22.6. The molecule has 19 heavy (non-hydrogen) atoms. The van der Waals surface area contributed by atoms with Gasteiger partial charge in [0.15, 0.2) is 0 Å². The van der Waals surface area contributed by atoms with Crippen molar-refractivity contribution in [3.63, 3.8) is 0 Å².